The predicted octanol–water partition coefficient (Wildman–Crippen LogP) is 3.82. The van der Waals surface area contributed by atoms with Crippen LogP contribution in [0.4, 0.5) is 10.1 Å². The molecule has 2 nitrogen and oxygen atoms in total. The molecule has 0 saturated heterocycles. The largest absolute Gasteiger partial charge is 0.387 e. The summed E-state index contributed by atoms with van der Waals surface area (Å²) in [6.07, 6.45) is 0. The van der Waals surface area contributed by atoms with Crippen LogP contribution in [-0.2, 0) is 0 Å². The minimum absolute atomic E-state index is 0.192. The minimum Gasteiger partial charge on any atom is -0.387 e. The molecule has 1 N–H and O–H groups in total. The summed E-state index contributed by atoms with van der Waals surface area (Å²) in [6, 6.07) is 4.72. The number of nitrogens with one attached hydrogen (secondary N) is 1. The third-order valence-corrected chi connectivity index (χ3v) is 2.73. The zero-order chi connectivity index (χ0) is 13.9. The predicted molar refractivity (Wildman–Crippen MR) is 77.1 cm³/mol. The molecular weight excluding hydrogens is 227 g/mol. The summed E-state index contributed by atoms with van der Waals surface area (Å²) >= 11 is 0. The molecule has 0 fully saturated rings. The number of nitrogens with zero attached hydrogens (tertiary/aromatic N) is 1. The van der Waals surface area contributed by atoms with E-state index in [9.17, 15) is 4.39 Å². The molecule has 0 aliphatic carbocycles. The molecule has 0 saturated carbocycles. The van der Waals surface area contributed by atoms with Crippen molar-refractivity contribution in [3.8, 4) is 0 Å². The fraction of sp³-hybridized carbons (Fsp3) is 0.467. The van der Waals surface area contributed by atoms with Crippen molar-refractivity contribution in [2.24, 2.45) is 5.41 Å². The summed E-state index contributed by atoms with van der Waals surface area (Å²) < 4.78 is 13.2. The molecular formula is C15H23FN2. The molecule has 0 aromatic heterocycles. The average Bonchev–Trinajstić information content (AvgIpc) is 2.25. The van der Waals surface area contributed by atoms with Crippen LogP contribution >= 0.6 is 0 Å². The van der Waals surface area contributed by atoms with Crippen molar-refractivity contribution >= 4 is 11.4 Å². The smallest absolute Gasteiger partial charge is 0.125 e. The van der Waals surface area contributed by atoms with Gasteiger partial charge < -0.3 is 10.2 Å². The Balaban J connectivity index is 2.96. The molecule has 3 heteroatoms. The van der Waals surface area contributed by atoms with Gasteiger partial charge in [-0.2, -0.15) is 0 Å². The quantitative estimate of drug-likeness (QED) is 0.874. The summed E-state index contributed by atoms with van der Waals surface area (Å²) in [5.74, 6) is -0.241. The maximum atomic E-state index is 13.2. The lowest BCUT2D eigenvalue weighted by Crippen LogP contribution is -2.28. The van der Waals surface area contributed by atoms with E-state index in [1.165, 1.54) is 12.1 Å². The van der Waals surface area contributed by atoms with Crippen LogP contribution in [0, 0.1) is 11.2 Å². The van der Waals surface area contributed by atoms with Crippen LogP contribution in [0.25, 0.3) is 5.70 Å². The zero-order valence-electron chi connectivity index (χ0n) is 12.0. The molecule has 0 heterocycles. The second-order valence-electron chi connectivity index (χ2n) is 5.80. The highest BCUT2D eigenvalue weighted by molar-refractivity contribution is 5.73. The zero-order valence-corrected chi connectivity index (χ0v) is 12.0. The molecule has 0 radical (unpaired) electrons. The highest BCUT2D eigenvalue weighted by atomic mass is 19.1. The van der Waals surface area contributed by atoms with Crippen molar-refractivity contribution in [2.45, 2.75) is 20.8 Å². The molecule has 0 amide bonds. The van der Waals surface area contributed by atoms with Gasteiger partial charge in [-0.3, -0.25) is 0 Å². The molecule has 0 atom stereocenters. The van der Waals surface area contributed by atoms with Gasteiger partial charge in [0.05, 0.1) is 0 Å². The van der Waals surface area contributed by atoms with Crippen molar-refractivity contribution in [3.05, 3.63) is 36.2 Å². The van der Waals surface area contributed by atoms with Crippen LogP contribution in [0.5, 0.6) is 0 Å². The van der Waals surface area contributed by atoms with Crippen LogP contribution in [0.1, 0.15) is 26.3 Å². The number of halogens is 1. The molecule has 100 valence electrons. The van der Waals surface area contributed by atoms with E-state index in [2.05, 4.69) is 37.6 Å². The van der Waals surface area contributed by atoms with Gasteiger partial charge in [0, 0.05) is 37.6 Å². The fourth-order valence-corrected chi connectivity index (χ4v) is 1.99. The Labute approximate surface area is 110 Å². The molecule has 0 bridgehead atoms. The molecule has 1 aromatic carbocycles. The van der Waals surface area contributed by atoms with Gasteiger partial charge in [0.15, 0.2) is 0 Å². The van der Waals surface area contributed by atoms with E-state index in [0.29, 0.717) is 0 Å². The van der Waals surface area contributed by atoms with Crippen LogP contribution in [0.3, 0.4) is 0 Å². The van der Waals surface area contributed by atoms with Crippen molar-refractivity contribution in [2.75, 3.05) is 26.0 Å². The molecule has 0 aliphatic heterocycles. The standard InChI is InChI=1S/C15H23FN2/c1-11(18(6)10-15(2,3)4)13-8-7-12(16)9-14(13)17-5/h7-9,17H,1,10H2,2-6H3. The third-order valence-electron chi connectivity index (χ3n) is 2.73. The Kier molecular flexibility index (Phi) is 4.38. The van der Waals surface area contributed by atoms with E-state index in [1.807, 2.05) is 7.05 Å². The second-order valence-corrected chi connectivity index (χ2v) is 5.80. The normalized spacial score (nSPS) is 11.2. The summed E-state index contributed by atoms with van der Waals surface area (Å²) in [5.41, 5.74) is 2.79. The SMILES string of the molecule is C=C(c1ccc(F)cc1NC)N(C)CC(C)(C)C. The van der Waals surface area contributed by atoms with Crippen LogP contribution in [0.2, 0.25) is 0 Å². The lowest BCUT2D eigenvalue weighted by Gasteiger charge is -2.30. The number of benzene rings is 1. The lowest BCUT2D eigenvalue weighted by molar-refractivity contribution is 0.296. The first-order valence-electron chi connectivity index (χ1n) is 6.12. The van der Waals surface area contributed by atoms with Gasteiger partial charge in [-0.1, -0.05) is 27.4 Å². The van der Waals surface area contributed by atoms with Gasteiger partial charge in [0.25, 0.3) is 0 Å². The van der Waals surface area contributed by atoms with Gasteiger partial charge >= 0.3 is 0 Å². The van der Waals surface area contributed by atoms with Gasteiger partial charge in [-0.25, -0.2) is 4.39 Å². The Hall–Kier alpha value is -1.51. The van der Waals surface area contributed by atoms with Gasteiger partial charge in [-0.15, -0.1) is 0 Å². The molecule has 0 unspecified atom stereocenters. The van der Waals surface area contributed by atoms with E-state index in [0.717, 1.165) is 23.5 Å². The van der Waals surface area contributed by atoms with E-state index in [-0.39, 0.29) is 11.2 Å². The Morgan fingerprint density at radius 1 is 1.39 bits per heavy atom. The minimum atomic E-state index is -0.241. The molecule has 0 spiro atoms. The summed E-state index contributed by atoms with van der Waals surface area (Å²) in [5, 5.41) is 3.01. The number of anilines is 1. The van der Waals surface area contributed by atoms with E-state index >= 15 is 0 Å². The average molecular weight is 250 g/mol. The van der Waals surface area contributed by atoms with Crippen LogP contribution in [0.15, 0.2) is 24.8 Å². The maximum Gasteiger partial charge on any atom is 0.125 e. The van der Waals surface area contributed by atoms with Crippen molar-refractivity contribution in [3.63, 3.8) is 0 Å². The van der Waals surface area contributed by atoms with E-state index in [1.54, 1.807) is 13.1 Å². The Bertz CT molecular complexity index is 433. The first-order valence-corrected chi connectivity index (χ1v) is 6.12. The first-order chi connectivity index (χ1) is 8.24. The Morgan fingerprint density at radius 2 is 2.00 bits per heavy atom. The highest BCUT2D eigenvalue weighted by Gasteiger charge is 2.17. The Morgan fingerprint density at radius 3 is 2.50 bits per heavy atom. The van der Waals surface area contributed by atoms with Crippen molar-refractivity contribution in [1.82, 2.24) is 4.90 Å². The lowest BCUT2D eigenvalue weighted by atomic mass is 9.95. The van der Waals surface area contributed by atoms with E-state index in [4.69, 9.17) is 0 Å². The summed E-state index contributed by atoms with van der Waals surface area (Å²) in [6.45, 7) is 11.5. The van der Waals surface area contributed by atoms with Crippen LogP contribution < -0.4 is 5.32 Å². The van der Waals surface area contributed by atoms with Crippen molar-refractivity contribution in [1.29, 1.82) is 0 Å². The fourth-order valence-electron chi connectivity index (χ4n) is 1.99. The highest BCUT2D eigenvalue weighted by Crippen LogP contribution is 2.27. The topological polar surface area (TPSA) is 15.3 Å². The maximum absolute atomic E-state index is 13.2. The molecule has 1 rings (SSSR count). The third kappa shape index (κ3) is 3.76. The molecule has 1 aromatic rings. The number of hydrogen-bond donors (Lipinski definition) is 1. The van der Waals surface area contributed by atoms with Crippen LogP contribution in [-0.4, -0.2) is 25.5 Å². The first kappa shape index (κ1) is 14.6. The van der Waals surface area contributed by atoms with Gasteiger partial charge in [0.1, 0.15) is 5.82 Å². The van der Waals surface area contributed by atoms with Gasteiger partial charge in [-0.05, 0) is 23.6 Å². The second kappa shape index (κ2) is 5.42. The van der Waals surface area contributed by atoms with E-state index < -0.39 is 0 Å². The monoisotopic (exact) mass is 250 g/mol. The molecule has 0 aliphatic rings. The summed E-state index contributed by atoms with van der Waals surface area (Å²) in [4.78, 5) is 2.11. The summed E-state index contributed by atoms with van der Waals surface area (Å²) in [7, 11) is 3.80. The van der Waals surface area contributed by atoms with Gasteiger partial charge in [0.2, 0.25) is 0 Å². The van der Waals surface area contributed by atoms with Crippen molar-refractivity contribution < 1.29 is 4.39 Å². The number of rotatable bonds is 4. The molecule has 18 heavy (non-hydrogen) atoms. The number of hydrogen-bond acceptors (Lipinski definition) is 2.